The molecule has 0 saturated carbocycles. The van der Waals surface area contributed by atoms with Gasteiger partial charge in [0.05, 0.1) is 4.90 Å². The predicted molar refractivity (Wildman–Crippen MR) is 85.5 cm³/mol. The molecule has 0 spiro atoms. The second-order valence-corrected chi connectivity index (χ2v) is 7.50. The van der Waals surface area contributed by atoms with Crippen molar-refractivity contribution in [2.45, 2.75) is 32.6 Å². The van der Waals surface area contributed by atoms with Crippen LogP contribution in [-0.2, 0) is 10.0 Å². The van der Waals surface area contributed by atoms with Crippen molar-refractivity contribution in [3.63, 3.8) is 0 Å². The number of nitrogens with zero attached hydrogens (tertiary/aromatic N) is 2. The Morgan fingerprint density at radius 3 is 2.24 bits per heavy atom. The molecule has 0 aliphatic rings. The third-order valence-corrected chi connectivity index (χ3v) is 5.38. The maximum absolute atomic E-state index is 12.5. The normalized spacial score (nSPS) is 11.4. The van der Waals surface area contributed by atoms with Gasteiger partial charge in [0.25, 0.3) is 10.0 Å². The molecule has 8 heteroatoms. The number of sulfonamides is 1. The number of anilines is 2. The van der Waals surface area contributed by atoms with Crippen molar-refractivity contribution in [1.29, 1.82) is 0 Å². The van der Waals surface area contributed by atoms with Gasteiger partial charge in [-0.3, -0.25) is 4.72 Å². The van der Waals surface area contributed by atoms with E-state index in [4.69, 9.17) is 0 Å². The lowest BCUT2D eigenvalue weighted by atomic mass is 10.1. The van der Waals surface area contributed by atoms with Crippen molar-refractivity contribution < 1.29 is 8.42 Å². The van der Waals surface area contributed by atoms with E-state index in [9.17, 15) is 8.42 Å². The van der Waals surface area contributed by atoms with Crippen molar-refractivity contribution in [3.8, 4) is 0 Å². The van der Waals surface area contributed by atoms with Gasteiger partial charge >= 0.3 is 0 Å². The molecule has 0 saturated heterocycles. The fourth-order valence-corrected chi connectivity index (χ4v) is 4.46. The van der Waals surface area contributed by atoms with Gasteiger partial charge in [-0.15, -0.1) is 10.2 Å². The molecule has 0 fully saturated rings. The van der Waals surface area contributed by atoms with Crippen LogP contribution in [0.5, 0.6) is 0 Å². The van der Waals surface area contributed by atoms with Crippen LogP contribution in [0.3, 0.4) is 0 Å². The van der Waals surface area contributed by atoms with E-state index in [1.807, 2.05) is 19.1 Å². The van der Waals surface area contributed by atoms with E-state index in [0.717, 1.165) is 12.2 Å². The summed E-state index contributed by atoms with van der Waals surface area (Å²) in [7, 11) is -3.66. The van der Waals surface area contributed by atoms with E-state index >= 15 is 0 Å². The van der Waals surface area contributed by atoms with Crippen LogP contribution in [0.25, 0.3) is 0 Å². The van der Waals surface area contributed by atoms with Crippen LogP contribution in [0.15, 0.2) is 17.0 Å². The molecule has 1 heterocycles. The number of hydrogen-bond acceptors (Lipinski definition) is 6. The Morgan fingerprint density at radius 2 is 1.76 bits per heavy atom. The molecule has 1 aromatic carbocycles. The number of hydrogen-bond donors (Lipinski definition) is 2. The van der Waals surface area contributed by atoms with E-state index in [2.05, 4.69) is 20.2 Å². The molecule has 0 aliphatic heterocycles. The van der Waals surface area contributed by atoms with Gasteiger partial charge in [-0.1, -0.05) is 11.3 Å². The van der Waals surface area contributed by atoms with E-state index in [1.54, 1.807) is 20.8 Å². The lowest BCUT2D eigenvalue weighted by Crippen LogP contribution is -2.16. The van der Waals surface area contributed by atoms with Crippen LogP contribution in [0.1, 0.15) is 23.1 Å². The summed E-state index contributed by atoms with van der Waals surface area (Å²) in [4.78, 5) is 0.289. The highest BCUT2D eigenvalue weighted by Gasteiger charge is 2.21. The van der Waals surface area contributed by atoms with Crippen molar-refractivity contribution in [2.75, 3.05) is 16.6 Å². The Hall–Kier alpha value is -1.67. The average molecular weight is 326 g/mol. The fourth-order valence-electron chi connectivity index (χ4n) is 2.18. The molecule has 0 atom stereocenters. The first-order valence-corrected chi connectivity index (χ1v) is 8.81. The molecule has 2 rings (SSSR count). The zero-order chi connectivity index (χ0) is 15.6. The summed E-state index contributed by atoms with van der Waals surface area (Å²) in [5, 5.41) is 11.8. The minimum absolute atomic E-state index is 0.280. The number of aryl methyl sites for hydroxylation is 3. The molecular formula is C13H18N4O2S2. The van der Waals surface area contributed by atoms with Crippen molar-refractivity contribution in [1.82, 2.24) is 10.2 Å². The molecule has 0 bridgehead atoms. The lowest BCUT2D eigenvalue weighted by Gasteiger charge is -2.14. The van der Waals surface area contributed by atoms with Crippen LogP contribution in [0.4, 0.5) is 10.8 Å². The SMILES string of the molecule is CCNc1cc(C)c(S(=O)(=O)Nc2nnc(C)s2)c(C)c1. The summed E-state index contributed by atoms with van der Waals surface area (Å²) >= 11 is 1.21. The molecule has 0 radical (unpaired) electrons. The minimum atomic E-state index is -3.66. The minimum Gasteiger partial charge on any atom is -0.385 e. The summed E-state index contributed by atoms with van der Waals surface area (Å²) in [6.45, 7) is 8.13. The van der Waals surface area contributed by atoms with Crippen molar-refractivity contribution >= 4 is 32.2 Å². The van der Waals surface area contributed by atoms with Crippen molar-refractivity contribution in [3.05, 3.63) is 28.3 Å². The number of benzene rings is 1. The predicted octanol–water partition coefficient (Wildman–Crippen LogP) is 2.70. The highest BCUT2D eigenvalue weighted by atomic mass is 32.2. The zero-order valence-corrected chi connectivity index (χ0v) is 14.0. The van der Waals surface area contributed by atoms with Crippen LogP contribution < -0.4 is 10.0 Å². The topological polar surface area (TPSA) is 84.0 Å². The highest BCUT2D eigenvalue weighted by Crippen LogP contribution is 2.27. The van der Waals surface area contributed by atoms with Gasteiger partial charge in [0.1, 0.15) is 5.01 Å². The second kappa shape index (κ2) is 5.98. The zero-order valence-electron chi connectivity index (χ0n) is 12.4. The van der Waals surface area contributed by atoms with E-state index in [0.29, 0.717) is 16.1 Å². The van der Waals surface area contributed by atoms with E-state index in [1.165, 1.54) is 11.3 Å². The van der Waals surface area contributed by atoms with E-state index in [-0.39, 0.29) is 10.0 Å². The highest BCUT2D eigenvalue weighted by molar-refractivity contribution is 7.93. The Kier molecular flexibility index (Phi) is 4.48. The first-order chi connectivity index (χ1) is 9.83. The summed E-state index contributed by atoms with van der Waals surface area (Å²) in [5.41, 5.74) is 2.30. The quantitative estimate of drug-likeness (QED) is 0.882. The van der Waals surface area contributed by atoms with Crippen LogP contribution in [-0.4, -0.2) is 25.2 Å². The molecule has 1 aromatic heterocycles. The van der Waals surface area contributed by atoms with Gasteiger partial charge in [-0.25, -0.2) is 8.42 Å². The summed E-state index contributed by atoms with van der Waals surface area (Å²) in [6.07, 6.45) is 0. The summed E-state index contributed by atoms with van der Waals surface area (Å²) < 4.78 is 27.5. The second-order valence-electron chi connectivity index (χ2n) is 4.70. The monoisotopic (exact) mass is 326 g/mol. The van der Waals surface area contributed by atoms with E-state index < -0.39 is 10.0 Å². The first kappa shape index (κ1) is 15.7. The molecule has 0 unspecified atom stereocenters. The largest absolute Gasteiger partial charge is 0.385 e. The van der Waals surface area contributed by atoms with Gasteiger partial charge in [-0.2, -0.15) is 0 Å². The Labute approximate surface area is 128 Å². The Morgan fingerprint density at radius 1 is 1.14 bits per heavy atom. The number of aromatic nitrogens is 2. The van der Waals surface area contributed by atoms with Crippen LogP contribution in [0, 0.1) is 20.8 Å². The van der Waals surface area contributed by atoms with Crippen LogP contribution >= 0.6 is 11.3 Å². The molecule has 2 aromatic rings. The first-order valence-electron chi connectivity index (χ1n) is 6.51. The smallest absolute Gasteiger partial charge is 0.264 e. The fraction of sp³-hybridized carbons (Fsp3) is 0.385. The third kappa shape index (κ3) is 3.51. The lowest BCUT2D eigenvalue weighted by molar-refractivity contribution is 0.600. The maximum Gasteiger partial charge on any atom is 0.264 e. The molecule has 0 amide bonds. The van der Waals surface area contributed by atoms with Gasteiger partial charge < -0.3 is 5.32 Å². The standard InChI is InChI=1S/C13H18N4O2S2/c1-5-14-11-6-8(2)12(9(3)7-11)21(18,19)17-13-16-15-10(4)20-13/h6-7,14H,5H2,1-4H3,(H,16,17). The molecule has 2 N–H and O–H groups in total. The third-order valence-electron chi connectivity index (χ3n) is 2.86. The molecule has 0 aliphatic carbocycles. The molecule has 114 valence electrons. The average Bonchev–Trinajstić information content (AvgIpc) is 2.72. The summed E-state index contributed by atoms with van der Waals surface area (Å²) in [6, 6.07) is 3.66. The van der Waals surface area contributed by atoms with Gasteiger partial charge in [0.2, 0.25) is 5.13 Å². The van der Waals surface area contributed by atoms with Crippen molar-refractivity contribution in [2.24, 2.45) is 0 Å². The number of rotatable bonds is 5. The Bertz CT molecular complexity index is 730. The molecule has 21 heavy (non-hydrogen) atoms. The maximum atomic E-state index is 12.5. The summed E-state index contributed by atoms with van der Waals surface area (Å²) in [5.74, 6) is 0. The van der Waals surface area contributed by atoms with Gasteiger partial charge in [0.15, 0.2) is 0 Å². The van der Waals surface area contributed by atoms with Crippen LogP contribution in [0.2, 0.25) is 0 Å². The van der Waals surface area contributed by atoms with Gasteiger partial charge in [-0.05, 0) is 51.0 Å². The van der Waals surface area contributed by atoms with Gasteiger partial charge in [0, 0.05) is 12.2 Å². The number of nitrogens with one attached hydrogen (secondary N) is 2. The molecular weight excluding hydrogens is 308 g/mol. The Balaban J connectivity index is 2.40. The molecule has 6 nitrogen and oxygen atoms in total.